The van der Waals surface area contributed by atoms with Crippen LogP contribution in [0.15, 0.2) is 53.4 Å². The lowest BCUT2D eigenvalue weighted by Crippen LogP contribution is -2.30. The van der Waals surface area contributed by atoms with Crippen molar-refractivity contribution in [2.45, 2.75) is 24.8 Å². The van der Waals surface area contributed by atoms with Gasteiger partial charge in [0.05, 0.1) is 11.0 Å². The van der Waals surface area contributed by atoms with Gasteiger partial charge in [-0.3, -0.25) is 4.79 Å². The number of nitrogens with one attached hydrogen (secondary N) is 1. The van der Waals surface area contributed by atoms with Gasteiger partial charge in [0.1, 0.15) is 0 Å². The Bertz CT molecular complexity index is 962. The second-order valence-corrected chi connectivity index (χ2v) is 8.48. The molecule has 2 aromatic rings. The van der Waals surface area contributed by atoms with Gasteiger partial charge in [-0.1, -0.05) is 12.1 Å². The van der Waals surface area contributed by atoms with Gasteiger partial charge in [0.15, 0.2) is 0 Å². The van der Waals surface area contributed by atoms with Gasteiger partial charge in [-0.05, 0) is 48.9 Å². The normalized spacial score (nSPS) is 11.0. The molecule has 154 valence electrons. The van der Waals surface area contributed by atoms with Crippen LogP contribution in [-0.2, 0) is 16.6 Å². The van der Waals surface area contributed by atoms with Crippen LogP contribution in [0.5, 0.6) is 0 Å². The van der Waals surface area contributed by atoms with Crippen molar-refractivity contribution in [1.29, 1.82) is 5.26 Å². The van der Waals surface area contributed by atoms with Crippen molar-refractivity contribution in [3.05, 3.63) is 59.7 Å². The zero-order valence-corrected chi connectivity index (χ0v) is 17.7. The molecule has 2 aromatic carbocycles. The van der Waals surface area contributed by atoms with Crippen LogP contribution in [0.25, 0.3) is 0 Å². The van der Waals surface area contributed by atoms with Crippen molar-refractivity contribution in [3.8, 4) is 6.07 Å². The van der Waals surface area contributed by atoms with Crippen LogP contribution in [0.2, 0.25) is 0 Å². The molecule has 8 heteroatoms. The molecule has 0 aliphatic rings. The molecule has 0 aliphatic heterocycles. The zero-order valence-electron chi connectivity index (χ0n) is 16.9. The molecule has 0 saturated carbocycles. The maximum absolute atomic E-state index is 12.8. The molecule has 2 rings (SSSR count). The second kappa shape index (κ2) is 10.0. The fraction of sp³-hybridized carbons (Fsp3) is 0.333. The number of benzene rings is 2. The first-order chi connectivity index (χ1) is 13.8. The predicted molar refractivity (Wildman–Crippen MR) is 113 cm³/mol. The molecular weight excluding hydrogens is 388 g/mol. The van der Waals surface area contributed by atoms with Crippen LogP contribution >= 0.6 is 0 Å². The number of hydrogen-bond donors (Lipinski definition) is 1. The third-order valence-electron chi connectivity index (χ3n) is 4.44. The Morgan fingerprint density at radius 1 is 1.07 bits per heavy atom. The van der Waals surface area contributed by atoms with Crippen molar-refractivity contribution in [3.63, 3.8) is 0 Å². The number of sulfonamides is 1. The fourth-order valence-corrected chi connectivity index (χ4v) is 3.76. The van der Waals surface area contributed by atoms with E-state index in [-0.39, 0.29) is 23.8 Å². The number of rotatable bonds is 9. The molecule has 0 saturated heterocycles. The Kier molecular flexibility index (Phi) is 7.76. The highest BCUT2D eigenvalue weighted by Gasteiger charge is 2.17. The Morgan fingerprint density at radius 3 is 2.21 bits per heavy atom. The van der Waals surface area contributed by atoms with Crippen molar-refractivity contribution in [2.75, 3.05) is 32.1 Å². The van der Waals surface area contributed by atoms with Crippen LogP contribution in [-0.4, -0.2) is 46.4 Å². The summed E-state index contributed by atoms with van der Waals surface area (Å²) in [6.45, 7) is 2.96. The largest absolute Gasteiger partial charge is 0.378 e. The van der Waals surface area contributed by atoms with Crippen molar-refractivity contribution >= 4 is 21.6 Å². The minimum Gasteiger partial charge on any atom is -0.378 e. The van der Waals surface area contributed by atoms with E-state index in [4.69, 9.17) is 5.26 Å². The van der Waals surface area contributed by atoms with Gasteiger partial charge in [0.2, 0.25) is 10.0 Å². The van der Waals surface area contributed by atoms with E-state index in [0.717, 1.165) is 11.3 Å². The van der Waals surface area contributed by atoms with E-state index in [9.17, 15) is 13.2 Å². The smallest absolute Gasteiger partial charge is 0.254 e. The maximum Gasteiger partial charge on any atom is 0.254 e. The number of amides is 1. The van der Waals surface area contributed by atoms with Crippen molar-refractivity contribution in [2.24, 2.45) is 0 Å². The molecule has 1 amide bonds. The summed E-state index contributed by atoms with van der Waals surface area (Å²) in [7, 11) is 0.254. The van der Waals surface area contributed by atoms with Crippen LogP contribution in [0, 0.1) is 11.3 Å². The SMILES string of the molecule is CCN(Cc1ccc(N(C)C)cc1)C(=O)c1ccc(S(=O)(=O)NCCC#N)cc1. The quantitative estimate of drug-likeness (QED) is 0.637. The summed E-state index contributed by atoms with van der Waals surface area (Å²) in [5, 5.41) is 8.52. The summed E-state index contributed by atoms with van der Waals surface area (Å²) < 4.78 is 26.7. The molecular formula is C21H26N4O3S. The van der Waals surface area contributed by atoms with E-state index >= 15 is 0 Å². The lowest BCUT2D eigenvalue weighted by Gasteiger charge is -2.22. The molecule has 0 aliphatic carbocycles. The molecule has 0 atom stereocenters. The van der Waals surface area contributed by atoms with Gasteiger partial charge in [-0.25, -0.2) is 13.1 Å². The van der Waals surface area contributed by atoms with E-state index in [1.807, 2.05) is 56.3 Å². The zero-order chi connectivity index (χ0) is 21.4. The summed E-state index contributed by atoms with van der Waals surface area (Å²) >= 11 is 0. The Labute approximate surface area is 172 Å². The van der Waals surface area contributed by atoms with E-state index in [0.29, 0.717) is 18.7 Å². The van der Waals surface area contributed by atoms with E-state index in [2.05, 4.69) is 4.72 Å². The molecule has 0 radical (unpaired) electrons. The summed E-state index contributed by atoms with van der Waals surface area (Å²) in [5.74, 6) is -0.162. The monoisotopic (exact) mass is 414 g/mol. The number of nitrogens with zero attached hydrogens (tertiary/aromatic N) is 3. The number of anilines is 1. The predicted octanol–water partition coefficient (Wildman–Crippen LogP) is 2.61. The van der Waals surface area contributed by atoms with Gasteiger partial charge in [0.25, 0.3) is 5.91 Å². The highest BCUT2D eigenvalue weighted by atomic mass is 32.2. The lowest BCUT2D eigenvalue weighted by atomic mass is 10.1. The lowest BCUT2D eigenvalue weighted by molar-refractivity contribution is 0.0752. The van der Waals surface area contributed by atoms with E-state index in [1.165, 1.54) is 24.3 Å². The average Bonchev–Trinajstić information content (AvgIpc) is 2.72. The molecule has 0 unspecified atom stereocenters. The summed E-state index contributed by atoms with van der Waals surface area (Å²) in [5.41, 5.74) is 2.53. The average molecular weight is 415 g/mol. The van der Waals surface area contributed by atoms with Crippen LogP contribution in [0.3, 0.4) is 0 Å². The minimum atomic E-state index is -3.69. The minimum absolute atomic E-state index is 0.0513. The Hall–Kier alpha value is -2.89. The molecule has 0 fully saturated rings. The van der Waals surface area contributed by atoms with Gasteiger partial charge < -0.3 is 9.80 Å². The molecule has 0 heterocycles. The Morgan fingerprint density at radius 2 is 1.69 bits per heavy atom. The van der Waals surface area contributed by atoms with Gasteiger partial charge >= 0.3 is 0 Å². The van der Waals surface area contributed by atoms with Crippen molar-refractivity contribution < 1.29 is 13.2 Å². The number of hydrogen-bond acceptors (Lipinski definition) is 5. The summed E-state index contributed by atoms with van der Waals surface area (Å²) in [4.78, 5) is 16.6. The molecule has 7 nitrogen and oxygen atoms in total. The van der Waals surface area contributed by atoms with E-state index in [1.54, 1.807) is 4.90 Å². The number of carbonyl (C=O) groups excluding carboxylic acids is 1. The van der Waals surface area contributed by atoms with E-state index < -0.39 is 10.0 Å². The molecule has 0 aromatic heterocycles. The van der Waals surface area contributed by atoms with Crippen LogP contribution in [0.1, 0.15) is 29.3 Å². The number of nitriles is 1. The summed E-state index contributed by atoms with van der Waals surface area (Å²) in [6, 6.07) is 15.7. The second-order valence-electron chi connectivity index (χ2n) is 6.71. The molecule has 29 heavy (non-hydrogen) atoms. The molecule has 0 spiro atoms. The first kappa shape index (κ1) is 22.4. The third kappa shape index (κ3) is 6.04. The van der Waals surface area contributed by atoms with Gasteiger partial charge in [-0.2, -0.15) is 5.26 Å². The highest BCUT2D eigenvalue weighted by Crippen LogP contribution is 2.16. The topological polar surface area (TPSA) is 93.5 Å². The van der Waals surface area contributed by atoms with Gasteiger partial charge in [-0.15, -0.1) is 0 Å². The summed E-state index contributed by atoms with van der Waals surface area (Å²) in [6.07, 6.45) is 0.0940. The molecule has 1 N–H and O–H groups in total. The van der Waals surface area contributed by atoms with Gasteiger partial charge in [0, 0.05) is 51.4 Å². The van der Waals surface area contributed by atoms with Crippen LogP contribution < -0.4 is 9.62 Å². The maximum atomic E-state index is 12.8. The molecule has 0 bridgehead atoms. The third-order valence-corrected chi connectivity index (χ3v) is 5.91. The first-order valence-electron chi connectivity index (χ1n) is 9.30. The highest BCUT2D eigenvalue weighted by molar-refractivity contribution is 7.89. The standard InChI is InChI=1S/C21H26N4O3S/c1-4-25(16-17-6-10-19(11-7-17)24(2)3)21(26)18-8-12-20(13-9-18)29(27,28)23-15-5-14-22/h6-13,23H,4-5,15-16H2,1-3H3. The first-order valence-corrected chi connectivity index (χ1v) is 10.8. The fourth-order valence-electron chi connectivity index (χ4n) is 2.73. The van der Waals surface area contributed by atoms with Crippen LogP contribution in [0.4, 0.5) is 5.69 Å². The number of carbonyl (C=O) groups is 1. The Balaban J connectivity index is 2.10. The van der Waals surface area contributed by atoms with Crippen molar-refractivity contribution in [1.82, 2.24) is 9.62 Å².